The average molecular weight is 447 g/mol. The minimum atomic E-state index is 0.684. The molecule has 2 aliphatic rings. The monoisotopic (exact) mass is 446 g/mol. The third-order valence-electron chi connectivity index (χ3n) is 6.12. The standard InChI is InChI=1S/C25H30N6O2/c1-18-24(19(2)33-29-18)21-8-9-22-25(28-21)31(16-20-6-4-3-5-7-20)17-23(27-22)26-10-11-30-12-14-32-15-13-30/h3-9H,10-17H2,1-2H3,(H,26,27). The Hall–Kier alpha value is -3.23. The van der Waals surface area contributed by atoms with Gasteiger partial charge in [0.25, 0.3) is 0 Å². The molecule has 0 unspecified atom stereocenters. The Bertz CT molecular complexity index is 1100. The van der Waals surface area contributed by atoms with Gasteiger partial charge in [-0.15, -0.1) is 0 Å². The van der Waals surface area contributed by atoms with Crippen molar-refractivity contribution < 1.29 is 9.26 Å². The second-order valence-electron chi connectivity index (χ2n) is 8.52. The number of anilines is 2. The first-order chi connectivity index (χ1) is 16.2. The Balaban J connectivity index is 1.41. The van der Waals surface area contributed by atoms with E-state index in [1.54, 1.807) is 0 Å². The molecule has 8 nitrogen and oxygen atoms in total. The molecule has 4 heterocycles. The van der Waals surface area contributed by atoms with Gasteiger partial charge in [0.1, 0.15) is 11.6 Å². The molecule has 33 heavy (non-hydrogen) atoms. The van der Waals surface area contributed by atoms with Gasteiger partial charge in [0.2, 0.25) is 0 Å². The van der Waals surface area contributed by atoms with Crippen molar-refractivity contribution in [2.75, 3.05) is 56.2 Å². The van der Waals surface area contributed by atoms with E-state index >= 15 is 0 Å². The highest BCUT2D eigenvalue weighted by atomic mass is 16.5. The predicted octanol–water partition coefficient (Wildman–Crippen LogP) is 3.52. The minimum Gasteiger partial charge on any atom is -0.379 e. The average Bonchev–Trinajstić information content (AvgIpc) is 3.18. The van der Waals surface area contributed by atoms with Crippen molar-refractivity contribution in [1.29, 1.82) is 0 Å². The number of morpholine rings is 1. The van der Waals surface area contributed by atoms with E-state index < -0.39 is 0 Å². The molecular weight excluding hydrogens is 416 g/mol. The molecule has 0 bridgehead atoms. The molecule has 3 aromatic rings. The molecular formula is C25H30N6O2. The lowest BCUT2D eigenvalue weighted by Gasteiger charge is -2.32. The summed E-state index contributed by atoms with van der Waals surface area (Å²) in [5, 5.41) is 7.62. The van der Waals surface area contributed by atoms with Crippen LogP contribution in [0, 0.1) is 13.8 Å². The first kappa shape index (κ1) is 21.6. The van der Waals surface area contributed by atoms with E-state index in [1.165, 1.54) is 5.56 Å². The SMILES string of the molecule is Cc1noc(C)c1-c1ccc2c(n1)N(Cc1ccccc1)CC(=NCCN1CCOCC1)N2. The second-order valence-corrected chi connectivity index (χ2v) is 8.52. The van der Waals surface area contributed by atoms with Crippen molar-refractivity contribution in [3.05, 3.63) is 59.5 Å². The number of benzene rings is 1. The number of rotatable bonds is 6. The van der Waals surface area contributed by atoms with Crippen LogP contribution in [0.4, 0.5) is 11.5 Å². The van der Waals surface area contributed by atoms with Crippen LogP contribution in [0.2, 0.25) is 0 Å². The summed E-state index contributed by atoms with van der Waals surface area (Å²) in [5.74, 6) is 2.67. The van der Waals surface area contributed by atoms with Gasteiger partial charge in [-0.05, 0) is 31.5 Å². The molecule has 5 rings (SSSR count). The number of aliphatic imine (C=N–C) groups is 1. The Morgan fingerprint density at radius 3 is 2.64 bits per heavy atom. The second kappa shape index (κ2) is 9.72. The first-order valence-electron chi connectivity index (χ1n) is 11.5. The molecule has 0 atom stereocenters. The quantitative estimate of drug-likeness (QED) is 0.621. The normalized spacial score (nSPS) is 17.8. The van der Waals surface area contributed by atoms with Gasteiger partial charge in [-0.2, -0.15) is 0 Å². The highest BCUT2D eigenvalue weighted by Gasteiger charge is 2.24. The van der Waals surface area contributed by atoms with E-state index in [2.05, 4.69) is 50.6 Å². The van der Waals surface area contributed by atoms with E-state index in [1.807, 2.05) is 26.0 Å². The number of nitrogens with zero attached hydrogens (tertiary/aromatic N) is 5. The summed E-state index contributed by atoms with van der Waals surface area (Å²) in [6.45, 7) is 10.6. The first-order valence-corrected chi connectivity index (χ1v) is 11.5. The number of amidine groups is 1. The molecule has 1 saturated heterocycles. The molecule has 0 aliphatic carbocycles. The Labute approximate surface area is 194 Å². The molecule has 2 aromatic heterocycles. The van der Waals surface area contributed by atoms with Gasteiger partial charge in [0.05, 0.1) is 48.9 Å². The van der Waals surface area contributed by atoms with E-state index in [0.717, 1.165) is 86.0 Å². The Morgan fingerprint density at radius 2 is 1.88 bits per heavy atom. The summed E-state index contributed by atoms with van der Waals surface area (Å²) in [5.41, 5.74) is 4.89. The highest BCUT2D eigenvalue weighted by molar-refractivity contribution is 6.04. The zero-order valence-electron chi connectivity index (χ0n) is 19.3. The van der Waals surface area contributed by atoms with Crippen LogP contribution in [0.15, 0.2) is 52.0 Å². The van der Waals surface area contributed by atoms with Crippen LogP contribution in [0.5, 0.6) is 0 Å². The van der Waals surface area contributed by atoms with Gasteiger partial charge in [0, 0.05) is 26.2 Å². The molecule has 0 spiro atoms. The number of nitrogens with one attached hydrogen (secondary N) is 1. The van der Waals surface area contributed by atoms with E-state index in [0.29, 0.717) is 6.54 Å². The van der Waals surface area contributed by atoms with E-state index in [-0.39, 0.29) is 0 Å². The fourth-order valence-electron chi connectivity index (χ4n) is 4.40. The molecule has 0 radical (unpaired) electrons. The van der Waals surface area contributed by atoms with Crippen molar-refractivity contribution in [2.45, 2.75) is 20.4 Å². The molecule has 1 N–H and O–H groups in total. The van der Waals surface area contributed by atoms with E-state index in [4.69, 9.17) is 19.2 Å². The van der Waals surface area contributed by atoms with Gasteiger partial charge in [-0.3, -0.25) is 9.89 Å². The summed E-state index contributed by atoms with van der Waals surface area (Å²) in [6, 6.07) is 14.6. The summed E-state index contributed by atoms with van der Waals surface area (Å²) in [7, 11) is 0. The maximum absolute atomic E-state index is 5.44. The minimum absolute atomic E-state index is 0.684. The van der Waals surface area contributed by atoms with Crippen molar-refractivity contribution in [3.63, 3.8) is 0 Å². The zero-order valence-corrected chi connectivity index (χ0v) is 19.3. The third kappa shape index (κ3) is 4.91. The number of aromatic nitrogens is 2. The van der Waals surface area contributed by atoms with Crippen molar-refractivity contribution in [1.82, 2.24) is 15.0 Å². The molecule has 8 heteroatoms. The van der Waals surface area contributed by atoms with Gasteiger partial charge in [-0.1, -0.05) is 35.5 Å². The van der Waals surface area contributed by atoms with E-state index in [9.17, 15) is 0 Å². The van der Waals surface area contributed by atoms with Gasteiger partial charge >= 0.3 is 0 Å². The number of fused-ring (bicyclic) bond motifs is 1. The third-order valence-corrected chi connectivity index (χ3v) is 6.12. The largest absolute Gasteiger partial charge is 0.379 e. The fraction of sp³-hybridized carbons (Fsp3) is 0.400. The van der Waals surface area contributed by atoms with Gasteiger partial charge < -0.3 is 19.5 Å². The topological polar surface area (TPSA) is 79.0 Å². The maximum atomic E-state index is 5.44. The van der Waals surface area contributed by atoms with Crippen molar-refractivity contribution >= 4 is 17.3 Å². The number of ether oxygens (including phenoxy) is 1. The van der Waals surface area contributed by atoms with Crippen LogP contribution < -0.4 is 10.2 Å². The molecule has 1 aromatic carbocycles. The summed E-state index contributed by atoms with van der Waals surface area (Å²) in [4.78, 5) is 14.6. The lowest BCUT2D eigenvalue weighted by atomic mass is 10.1. The molecule has 172 valence electrons. The lowest BCUT2D eigenvalue weighted by Crippen LogP contribution is -2.40. The van der Waals surface area contributed by atoms with Crippen LogP contribution in [-0.2, 0) is 11.3 Å². The smallest absolute Gasteiger partial charge is 0.153 e. The molecule has 1 fully saturated rings. The highest BCUT2D eigenvalue weighted by Crippen LogP contribution is 2.34. The van der Waals surface area contributed by atoms with Crippen LogP contribution in [-0.4, -0.2) is 66.8 Å². The lowest BCUT2D eigenvalue weighted by molar-refractivity contribution is 0.0394. The maximum Gasteiger partial charge on any atom is 0.153 e. The van der Waals surface area contributed by atoms with Gasteiger partial charge in [0.15, 0.2) is 5.82 Å². The molecule has 2 aliphatic heterocycles. The van der Waals surface area contributed by atoms with Crippen molar-refractivity contribution in [2.24, 2.45) is 4.99 Å². The number of hydrogen-bond donors (Lipinski definition) is 1. The van der Waals surface area contributed by atoms with Crippen LogP contribution in [0.3, 0.4) is 0 Å². The summed E-state index contributed by atoms with van der Waals surface area (Å²) in [6.07, 6.45) is 0. The summed E-state index contributed by atoms with van der Waals surface area (Å²) < 4.78 is 10.8. The number of hydrogen-bond acceptors (Lipinski definition) is 7. The summed E-state index contributed by atoms with van der Waals surface area (Å²) >= 11 is 0. The predicted molar refractivity (Wildman–Crippen MR) is 130 cm³/mol. The van der Waals surface area contributed by atoms with Crippen LogP contribution >= 0.6 is 0 Å². The number of pyridine rings is 1. The van der Waals surface area contributed by atoms with Gasteiger partial charge in [-0.25, -0.2) is 4.98 Å². The Kier molecular flexibility index (Phi) is 6.37. The zero-order chi connectivity index (χ0) is 22.6. The Morgan fingerprint density at radius 1 is 1.06 bits per heavy atom. The molecule has 0 amide bonds. The van der Waals surface area contributed by atoms with Crippen molar-refractivity contribution in [3.8, 4) is 11.3 Å². The number of aryl methyl sites for hydroxylation is 2. The fourth-order valence-corrected chi connectivity index (χ4v) is 4.40. The van der Waals surface area contributed by atoms with Crippen LogP contribution in [0.1, 0.15) is 17.0 Å². The van der Waals surface area contributed by atoms with Crippen LogP contribution in [0.25, 0.3) is 11.3 Å². The molecule has 0 saturated carbocycles.